The molecule has 0 amide bonds. The lowest BCUT2D eigenvalue weighted by Crippen LogP contribution is -2.30. The minimum absolute atomic E-state index is 0.0131. The number of allylic oxidation sites excluding steroid dienone is 24. The Morgan fingerprint density at radius 2 is 0.719 bits per heavy atom. The number of unbranched alkanes of at least 4 members (excludes halogenated alkanes) is 9. The highest BCUT2D eigenvalue weighted by Gasteiger charge is 2.17. The highest BCUT2D eigenvalue weighted by atomic mass is 16.6. The minimum Gasteiger partial charge on any atom is -0.462 e. The summed E-state index contributed by atoms with van der Waals surface area (Å²) >= 11 is 0. The lowest BCUT2D eigenvalue weighted by Gasteiger charge is -2.18. The zero-order valence-electron chi connectivity index (χ0n) is 41.0. The van der Waals surface area contributed by atoms with E-state index in [-0.39, 0.29) is 31.6 Å². The van der Waals surface area contributed by atoms with Crippen LogP contribution in [0.4, 0.5) is 0 Å². The van der Waals surface area contributed by atoms with Gasteiger partial charge in [-0.3, -0.25) is 9.59 Å². The average molecular weight is 881 g/mol. The van der Waals surface area contributed by atoms with E-state index in [4.69, 9.17) is 14.2 Å². The van der Waals surface area contributed by atoms with Crippen LogP contribution in [0.25, 0.3) is 0 Å². The summed E-state index contributed by atoms with van der Waals surface area (Å²) in [6, 6.07) is 0. The molecule has 0 aliphatic heterocycles. The van der Waals surface area contributed by atoms with Gasteiger partial charge in [-0.25, -0.2) is 0 Å². The van der Waals surface area contributed by atoms with E-state index in [9.17, 15) is 9.59 Å². The van der Waals surface area contributed by atoms with Crippen molar-refractivity contribution in [2.75, 3.05) is 19.8 Å². The standard InChI is InChI=1S/C59H92O5/c1-4-7-10-13-16-19-21-23-25-27-29-31-33-35-37-39-42-45-48-51-54-62-55-57(64-59(61)53-50-47-44-40-18-15-12-9-6-3)56-63-58(60)52-49-46-43-41-38-36-34-32-30-28-26-24-22-20-17-14-11-8-5-2/h7-8,10-11,16-17,19-20,23-26,29-32,35-38,42-43,45-46,57H,4-6,9,12-15,18,21-22,27-28,33-34,39-41,44,47-56H2,1-3H3/b10-7-,11-8-,19-16-,20-17-,25-23-,26-24-,31-29-,32-30-,37-35-,38-36-,45-42-,46-43-. The molecule has 358 valence electrons. The molecule has 0 fully saturated rings. The zero-order valence-corrected chi connectivity index (χ0v) is 41.0. The first-order valence-corrected chi connectivity index (χ1v) is 25.4. The van der Waals surface area contributed by atoms with Gasteiger partial charge in [-0.1, -0.05) is 218 Å². The molecule has 0 rings (SSSR count). The SMILES string of the molecule is CC/C=C\C/C=C\C/C=C\C/C=C\C/C=C\C/C=C\CCCOCC(COC(=O)CC/C=C\C/C=C\C/C=C\C/C=C\C/C=C\C/C=C\CC)OC(=O)CCCCCCCCCCC. The lowest BCUT2D eigenvalue weighted by molar-refractivity contribution is -0.162. The summed E-state index contributed by atoms with van der Waals surface area (Å²) in [5.74, 6) is -0.541. The average Bonchev–Trinajstić information content (AvgIpc) is 3.30. The third-order valence-electron chi connectivity index (χ3n) is 9.88. The second-order valence-electron chi connectivity index (χ2n) is 16.0. The third kappa shape index (κ3) is 50.4. The normalized spacial score (nSPS) is 13.5. The van der Waals surface area contributed by atoms with Crippen LogP contribution in [0, 0.1) is 0 Å². The second-order valence-corrected chi connectivity index (χ2v) is 16.0. The predicted octanol–water partition coefficient (Wildman–Crippen LogP) is 17.3. The van der Waals surface area contributed by atoms with Crippen LogP contribution in [-0.4, -0.2) is 37.9 Å². The highest BCUT2D eigenvalue weighted by Crippen LogP contribution is 2.12. The lowest BCUT2D eigenvalue weighted by atomic mass is 10.1. The van der Waals surface area contributed by atoms with Gasteiger partial charge in [-0.05, 0) is 103 Å². The highest BCUT2D eigenvalue weighted by molar-refractivity contribution is 5.70. The number of esters is 2. The van der Waals surface area contributed by atoms with Crippen LogP contribution < -0.4 is 0 Å². The van der Waals surface area contributed by atoms with Crippen LogP contribution >= 0.6 is 0 Å². The molecule has 0 saturated heterocycles. The predicted molar refractivity (Wildman–Crippen MR) is 278 cm³/mol. The van der Waals surface area contributed by atoms with Crippen LogP contribution in [0.15, 0.2) is 146 Å². The van der Waals surface area contributed by atoms with E-state index >= 15 is 0 Å². The van der Waals surface area contributed by atoms with E-state index < -0.39 is 6.10 Å². The third-order valence-corrected chi connectivity index (χ3v) is 9.88. The van der Waals surface area contributed by atoms with Gasteiger partial charge in [-0.2, -0.15) is 0 Å². The van der Waals surface area contributed by atoms with Crippen LogP contribution in [0.1, 0.15) is 188 Å². The van der Waals surface area contributed by atoms with E-state index in [2.05, 4.69) is 161 Å². The van der Waals surface area contributed by atoms with Gasteiger partial charge in [0.1, 0.15) is 6.61 Å². The first kappa shape index (κ1) is 59.8. The molecule has 0 spiro atoms. The summed E-state index contributed by atoms with van der Waals surface area (Å²) in [7, 11) is 0. The smallest absolute Gasteiger partial charge is 0.306 e. The van der Waals surface area contributed by atoms with Gasteiger partial charge in [0.25, 0.3) is 0 Å². The summed E-state index contributed by atoms with van der Waals surface area (Å²) in [5.41, 5.74) is 0. The topological polar surface area (TPSA) is 61.8 Å². The Morgan fingerprint density at radius 1 is 0.359 bits per heavy atom. The Hall–Kier alpha value is -4.22. The molecule has 0 aromatic carbocycles. The Kier molecular flexibility index (Phi) is 49.6. The van der Waals surface area contributed by atoms with Crippen LogP contribution in [0.3, 0.4) is 0 Å². The molecule has 0 bridgehead atoms. The van der Waals surface area contributed by atoms with Gasteiger partial charge in [0.15, 0.2) is 6.10 Å². The van der Waals surface area contributed by atoms with Crippen molar-refractivity contribution in [1.82, 2.24) is 0 Å². The van der Waals surface area contributed by atoms with Gasteiger partial charge in [-0.15, -0.1) is 0 Å². The zero-order chi connectivity index (χ0) is 46.3. The molecule has 0 aliphatic carbocycles. The minimum atomic E-state index is -0.605. The first-order valence-electron chi connectivity index (χ1n) is 25.4. The molecule has 0 saturated carbocycles. The maximum Gasteiger partial charge on any atom is 0.306 e. The molecule has 0 aromatic heterocycles. The fraction of sp³-hybridized carbons (Fsp3) is 0.559. The van der Waals surface area contributed by atoms with E-state index in [0.717, 1.165) is 109 Å². The van der Waals surface area contributed by atoms with Gasteiger partial charge in [0.05, 0.1) is 6.61 Å². The maximum absolute atomic E-state index is 12.7. The molecule has 64 heavy (non-hydrogen) atoms. The van der Waals surface area contributed by atoms with Gasteiger partial charge >= 0.3 is 11.9 Å². The van der Waals surface area contributed by atoms with Crippen molar-refractivity contribution >= 4 is 11.9 Å². The largest absolute Gasteiger partial charge is 0.462 e. The first-order chi connectivity index (χ1) is 31.6. The second kappa shape index (κ2) is 53.1. The van der Waals surface area contributed by atoms with Crippen molar-refractivity contribution in [1.29, 1.82) is 0 Å². The molecule has 1 unspecified atom stereocenters. The van der Waals surface area contributed by atoms with Crippen LogP contribution in [0.2, 0.25) is 0 Å². The number of carbonyl (C=O) groups is 2. The summed E-state index contributed by atoms with van der Waals surface area (Å²) < 4.78 is 17.2. The molecule has 0 radical (unpaired) electrons. The van der Waals surface area contributed by atoms with Gasteiger partial charge < -0.3 is 14.2 Å². The maximum atomic E-state index is 12.7. The molecular formula is C59H92O5. The van der Waals surface area contributed by atoms with Crippen molar-refractivity contribution in [2.45, 2.75) is 194 Å². The number of hydrogen-bond acceptors (Lipinski definition) is 5. The summed E-state index contributed by atoms with van der Waals surface area (Å²) in [5, 5.41) is 0. The Morgan fingerprint density at radius 3 is 1.12 bits per heavy atom. The van der Waals surface area contributed by atoms with Crippen molar-refractivity contribution in [2.24, 2.45) is 0 Å². The Balaban J connectivity index is 4.45. The molecule has 1 atom stereocenters. The number of rotatable bonds is 44. The quantitative estimate of drug-likeness (QED) is 0.0347. The molecule has 5 heteroatoms. The summed E-state index contributed by atoms with van der Waals surface area (Å²) in [6.45, 7) is 7.33. The van der Waals surface area contributed by atoms with Crippen LogP contribution in [-0.2, 0) is 23.8 Å². The van der Waals surface area contributed by atoms with Gasteiger partial charge in [0, 0.05) is 19.4 Å². The molecule has 0 aromatic rings. The summed E-state index contributed by atoms with van der Waals surface area (Å²) in [6.07, 6.45) is 77.4. The van der Waals surface area contributed by atoms with E-state index in [1.54, 1.807) is 0 Å². The molecule has 5 nitrogen and oxygen atoms in total. The van der Waals surface area contributed by atoms with E-state index in [1.165, 1.54) is 38.5 Å². The van der Waals surface area contributed by atoms with Crippen molar-refractivity contribution in [3.05, 3.63) is 146 Å². The van der Waals surface area contributed by atoms with Crippen LogP contribution in [0.5, 0.6) is 0 Å². The fourth-order valence-electron chi connectivity index (χ4n) is 6.20. The van der Waals surface area contributed by atoms with E-state index in [0.29, 0.717) is 19.4 Å². The molecule has 0 N–H and O–H groups in total. The monoisotopic (exact) mass is 881 g/mol. The number of hydrogen-bond donors (Lipinski definition) is 0. The Bertz CT molecular complexity index is 1410. The molecule has 0 aliphatic rings. The number of carbonyl (C=O) groups excluding carboxylic acids is 2. The Labute approximate surface area is 393 Å². The van der Waals surface area contributed by atoms with Crippen molar-refractivity contribution in [3.63, 3.8) is 0 Å². The fourth-order valence-corrected chi connectivity index (χ4v) is 6.20. The number of ether oxygens (including phenoxy) is 3. The van der Waals surface area contributed by atoms with E-state index in [1.807, 2.05) is 6.08 Å². The summed E-state index contributed by atoms with van der Waals surface area (Å²) in [4.78, 5) is 25.3. The molecular weight excluding hydrogens is 789 g/mol. The molecule has 0 heterocycles. The van der Waals surface area contributed by atoms with Crippen molar-refractivity contribution in [3.8, 4) is 0 Å². The van der Waals surface area contributed by atoms with Gasteiger partial charge in [0.2, 0.25) is 0 Å². The van der Waals surface area contributed by atoms with Crippen molar-refractivity contribution < 1.29 is 23.8 Å².